The first-order valence-corrected chi connectivity index (χ1v) is 10.8. The molecule has 0 aliphatic rings. The molecule has 0 atom stereocenters. The Bertz CT molecular complexity index is 929. The minimum Gasteiger partial charge on any atom is -0.508 e. The van der Waals surface area contributed by atoms with Crippen LogP contribution in [0.1, 0.15) is 65.5 Å². The second-order valence-electron chi connectivity index (χ2n) is 10.2. The zero-order valence-electron chi connectivity index (χ0n) is 19.6. The van der Waals surface area contributed by atoms with Crippen LogP contribution in [-0.2, 0) is 10.2 Å². The molecule has 166 valence electrons. The average Bonchev–Trinajstić information content (AvgIpc) is 2.69. The highest BCUT2D eigenvalue weighted by Crippen LogP contribution is 2.34. The summed E-state index contributed by atoms with van der Waals surface area (Å²) in [5.41, 5.74) is 2.97. The van der Waals surface area contributed by atoms with E-state index in [1.807, 2.05) is 39.0 Å². The van der Waals surface area contributed by atoms with Crippen molar-refractivity contribution in [2.75, 3.05) is 23.3 Å². The van der Waals surface area contributed by atoms with Crippen molar-refractivity contribution in [3.8, 4) is 11.8 Å². The third kappa shape index (κ3) is 7.32. The Morgan fingerprint density at radius 2 is 1.71 bits per heavy atom. The van der Waals surface area contributed by atoms with Gasteiger partial charge in [-0.05, 0) is 59.7 Å². The normalized spacial score (nSPS) is 11.6. The molecule has 1 amide bonds. The van der Waals surface area contributed by atoms with Gasteiger partial charge >= 0.3 is 0 Å². The molecule has 0 saturated heterocycles. The van der Waals surface area contributed by atoms with E-state index in [1.54, 1.807) is 29.2 Å². The SMILES string of the molecule is CC(C)(C)CCC(=O)N(CCNc1ccc(C#N)cc1)c1ccc(O)c(C(C)(C)C)c1. The van der Waals surface area contributed by atoms with Gasteiger partial charge in [0.05, 0.1) is 11.6 Å². The summed E-state index contributed by atoms with van der Waals surface area (Å²) in [6.07, 6.45) is 1.27. The van der Waals surface area contributed by atoms with Gasteiger partial charge in [-0.2, -0.15) is 5.26 Å². The summed E-state index contributed by atoms with van der Waals surface area (Å²) in [4.78, 5) is 15.0. The fraction of sp³-hybridized carbons (Fsp3) is 0.462. The number of hydrogen-bond donors (Lipinski definition) is 2. The van der Waals surface area contributed by atoms with Gasteiger partial charge in [0.2, 0.25) is 5.91 Å². The van der Waals surface area contributed by atoms with Gasteiger partial charge in [0.25, 0.3) is 0 Å². The van der Waals surface area contributed by atoms with Crippen molar-refractivity contribution in [3.63, 3.8) is 0 Å². The van der Waals surface area contributed by atoms with Crippen LogP contribution in [-0.4, -0.2) is 24.1 Å². The first kappa shape index (κ1) is 24.3. The van der Waals surface area contributed by atoms with Gasteiger partial charge < -0.3 is 15.3 Å². The predicted molar refractivity (Wildman–Crippen MR) is 127 cm³/mol. The average molecular weight is 422 g/mol. The Morgan fingerprint density at radius 3 is 2.26 bits per heavy atom. The number of phenols is 1. The molecule has 0 aromatic heterocycles. The predicted octanol–water partition coefficient (Wildman–Crippen LogP) is 5.83. The molecule has 0 heterocycles. The van der Waals surface area contributed by atoms with Crippen LogP contribution in [0.2, 0.25) is 0 Å². The van der Waals surface area contributed by atoms with Gasteiger partial charge in [0, 0.05) is 36.4 Å². The zero-order chi connectivity index (χ0) is 23.2. The largest absolute Gasteiger partial charge is 0.508 e. The number of carbonyl (C=O) groups is 1. The van der Waals surface area contributed by atoms with E-state index < -0.39 is 0 Å². The first-order chi connectivity index (χ1) is 14.4. The summed E-state index contributed by atoms with van der Waals surface area (Å²) in [5.74, 6) is 0.316. The number of nitriles is 1. The molecular weight excluding hydrogens is 386 g/mol. The van der Waals surface area contributed by atoms with E-state index in [1.165, 1.54) is 0 Å². The van der Waals surface area contributed by atoms with Crippen LogP contribution in [0.4, 0.5) is 11.4 Å². The van der Waals surface area contributed by atoms with Crippen LogP contribution in [0, 0.1) is 16.7 Å². The number of anilines is 2. The quantitative estimate of drug-likeness (QED) is 0.589. The molecule has 5 heteroatoms. The molecule has 0 fully saturated rings. The minimum absolute atomic E-state index is 0.0714. The standard InChI is InChI=1S/C26H35N3O2/c1-25(2,3)14-13-24(31)29(16-15-28-20-9-7-19(18-27)8-10-20)21-11-12-23(30)22(17-21)26(4,5)6/h7-12,17,28,30H,13-16H2,1-6H3. The van der Waals surface area contributed by atoms with Crippen molar-refractivity contribution in [2.24, 2.45) is 5.41 Å². The van der Waals surface area contributed by atoms with E-state index in [0.717, 1.165) is 23.4 Å². The lowest BCUT2D eigenvalue weighted by molar-refractivity contribution is -0.119. The number of nitrogens with zero attached hydrogens (tertiary/aromatic N) is 2. The number of hydrogen-bond acceptors (Lipinski definition) is 4. The fourth-order valence-electron chi connectivity index (χ4n) is 3.28. The fourth-order valence-corrected chi connectivity index (χ4v) is 3.28. The smallest absolute Gasteiger partial charge is 0.227 e. The Kier molecular flexibility index (Phi) is 7.73. The number of carbonyl (C=O) groups excluding carboxylic acids is 1. The highest BCUT2D eigenvalue weighted by Gasteiger charge is 2.23. The topological polar surface area (TPSA) is 76.4 Å². The zero-order valence-corrected chi connectivity index (χ0v) is 19.6. The van der Waals surface area contributed by atoms with E-state index in [-0.39, 0.29) is 22.5 Å². The molecule has 0 radical (unpaired) electrons. The van der Waals surface area contributed by atoms with Crippen molar-refractivity contribution in [1.29, 1.82) is 5.26 Å². The van der Waals surface area contributed by atoms with E-state index in [0.29, 0.717) is 25.1 Å². The van der Waals surface area contributed by atoms with Crippen molar-refractivity contribution in [1.82, 2.24) is 0 Å². The van der Waals surface area contributed by atoms with Crippen LogP contribution >= 0.6 is 0 Å². The van der Waals surface area contributed by atoms with Gasteiger partial charge in [0.1, 0.15) is 5.75 Å². The van der Waals surface area contributed by atoms with Crippen LogP contribution in [0.3, 0.4) is 0 Å². The van der Waals surface area contributed by atoms with Gasteiger partial charge in [0.15, 0.2) is 0 Å². The summed E-state index contributed by atoms with van der Waals surface area (Å²) in [7, 11) is 0. The van der Waals surface area contributed by atoms with Gasteiger partial charge in [-0.25, -0.2) is 0 Å². The number of aromatic hydroxyl groups is 1. The van der Waals surface area contributed by atoms with Crippen LogP contribution in [0.15, 0.2) is 42.5 Å². The lowest BCUT2D eigenvalue weighted by Crippen LogP contribution is -2.35. The molecule has 0 bridgehead atoms. The lowest BCUT2D eigenvalue weighted by atomic mass is 9.86. The van der Waals surface area contributed by atoms with Crippen molar-refractivity contribution >= 4 is 17.3 Å². The lowest BCUT2D eigenvalue weighted by Gasteiger charge is -2.28. The molecule has 2 rings (SSSR count). The summed E-state index contributed by atoms with van der Waals surface area (Å²) >= 11 is 0. The van der Waals surface area contributed by atoms with Gasteiger partial charge in [-0.15, -0.1) is 0 Å². The van der Waals surface area contributed by atoms with E-state index >= 15 is 0 Å². The van der Waals surface area contributed by atoms with Crippen molar-refractivity contribution in [3.05, 3.63) is 53.6 Å². The summed E-state index contributed by atoms with van der Waals surface area (Å²) in [6.45, 7) is 13.6. The Labute approximate surface area is 186 Å². The van der Waals surface area contributed by atoms with Gasteiger partial charge in [-0.1, -0.05) is 41.5 Å². The number of benzene rings is 2. The molecule has 0 unspecified atom stereocenters. The number of amides is 1. The molecule has 2 aromatic carbocycles. The molecule has 5 nitrogen and oxygen atoms in total. The van der Waals surface area contributed by atoms with E-state index in [9.17, 15) is 9.90 Å². The summed E-state index contributed by atoms with van der Waals surface area (Å²) < 4.78 is 0. The minimum atomic E-state index is -0.235. The van der Waals surface area contributed by atoms with Crippen LogP contribution in [0.5, 0.6) is 5.75 Å². The second kappa shape index (κ2) is 9.87. The Balaban J connectivity index is 2.22. The second-order valence-corrected chi connectivity index (χ2v) is 10.2. The summed E-state index contributed by atoms with van der Waals surface area (Å²) in [5, 5.41) is 22.6. The molecule has 0 spiro atoms. The van der Waals surface area contributed by atoms with Gasteiger partial charge in [-0.3, -0.25) is 4.79 Å². The molecular formula is C26H35N3O2. The third-order valence-corrected chi connectivity index (χ3v) is 5.17. The summed E-state index contributed by atoms with van der Waals surface area (Å²) in [6, 6.07) is 14.8. The molecule has 0 aliphatic heterocycles. The number of rotatable bonds is 7. The first-order valence-electron chi connectivity index (χ1n) is 10.8. The number of phenolic OH excluding ortho intramolecular Hbond substituents is 1. The molecule has 2 aromatic rings. The monoisotopic (exact) mass is 421 g/mol. The molecule has 0 aliphatic carbocycles. The number of nitrogens with one attached hydrogen (secondary N) is 1. The molecule has 2 N–H and O–H groups in total. The van der Waals surface area contributed by atoms with E-state index in [2.05, 4.69) is 32.2 Å². The van der Waals surface area contributed by atoms with Crippen molar-refractivity contribution in [2.45, 2.75) is 59.8 Å². The maximum Gasteiger partial charge on any atom is 0.227 e. The Morgan fingerprint density at radius 1 is 1.06 bits per heavy atom. The maximum atomic E-state index is 13.2. The van der Waals surface area contributed by atoms with E-state index in [4.69, 9.17) is 5.26 Å². The molecule has 31 heavy (non-hydrogen) atoms. The Hall–Kier alpha value is -3.00. The van der Waals surface area contributed by atoms with Crippen LogP contribution < -0.4 is 10.2 Å². The maximum absolute atomic E-state index is 13.2. The molecule has 0 saturated carbocycles. The third-order valence-electron chi connectivity index (χ3n) is 5.17. The van der Waals surface area contributed by atoms with Crippen LogP contribution in [0.25, 0.3) is 0 Å². The highest BCUT2D eigenvalue weighted by molar-refractivity contribution is 5.93. The highest BCUT2D eigenvalue weighted by atomic mass is 16.3. The van der Waals surface area contributed by atoms with Crippen molar-refractivity contribution < 1.29 is 9.90 Å².